The average molecular weight is 414 g/mol. The zero-order valence-electron chi connectivity index (χ0n) is 18.4. The summed E-state index contributed by atoms with van der Waals surface area (Å²) >= 11 is 0. The molecule has 0 aliphatic heterocycles. The molecule has 8 nitrogen and oxygen atoms in total. The lowest BCUT2D eigenvalue weighted by atomic mass is 10.2. The first-order valence-electron chi connectivity index (χ1n) is 9.47. The lowest BCUT2D eigenvalue weighted by Crippen LogP contribution is -2.22. The zero-order valence-corrected chi connectivity index (χ0v) is 18.4. The quantitative estimate of drug-likeness (QED) is 0.288. The Bertz CT molecular complexity index is 579. The molecule has 0 aliphatic rings. The van der Waals surface area contributed by atoms with Crippen molar-refractivity contribution in [2.75, 3.05) is 13.7 Å². The number of hydrogen-bond acceptors (Lipinski definition) is 8. The molecule has 0 heterocycles. The van der Waals surface area contributed by atoms with Crippen molar-refractivity contribution >= 4 is 23.9 Å². The molecule has 166 valence electrons. The van der Waals surface area contributed by atoms with Crippen molar-refractivity contribution in [3.05, 3.63) is 24.3 Å². The van der Waals surface area contributed by atoms with Gasteiger partial charge < -0.3 is 18.9 Å². The van der Waals surface area contributed by atoms with E-state index in [2.05, 4.69) is 17.9 Å². The molecular weight excluding hydrogens is 380 g/mol. The Morgan fingerprint density at radius 1 is 0.759 bits per heavy atom. The van der Waals surface area contributed by atoms with E-state index in [4.69, 9.17) is 14.2 Å². The molecule has 0 aromatic carbocycles. The lowest BCUT2D eigenvalue weighted by molar-refractivity contribution is -0.153. The SMILES string of the molecule is C=C(C)C(=O)OC(CC)CC(=O)OC.C=C(C)C(=O)OC(CC)CC(=O)OCC. The van der Waals surface area contributed by atoms with Crippen LogP contribution < -0.4 is 0 Å². The molecule has 2 atom stereocenters. The first kappa shape index (κ1) is 28.6. The molecule has 0 rings (SSSR count). The van der Waals surface area contributed by atoms with Crippen LogP contribution in [-0.2, 0) is 38.1 Å². The van der Waals surface area contributed by atoms with Crippen LogP contribution in [0.4, 0.5) is 0 Å². The van der Waals surface area contributed by atoms with E-state index < -0.39 is 24.1 Å². The van der Waals surface area contributed by atoms with Gasteiger partial charge in [-0.1, -0.05) is 27.0 Å². The molecule has 0 spiro atoms. The fourth-order valence-corrected chi connectivity index (χ4v) is 1.72. The van der Waals surface area contributed by atoms with Gasteiger partial charge in [0, 0.05) is 11.1 Å². The summed E-state index contributed by atoms with van der Waals surface area (Å²) in [5, 5.41) is 0. The number of ether oxygens (including phenoxy) is 4. The monoisotopic (exact) mass is 414 g/mol. The van der Waals surface area contributed by atoms with Gasteiger partial charge in [-0.15, -0.1) is 0 Å². The Morgan fingerprint density at radius 3 is 1.41 bits per heavy atom. The summed E-state index contributed by atoms with van der Waals surface area (Å²) in [5.41, 5.74) is 0.658. The van der Waals surface area contributed by atoms with Crippen molar-refractivity contribution in [1.82, 2.24) is 0 Å². The molecule has 0 aliphatic carbocycles. The van der Waals surface area contributed by atoms with Gasteiger partial charge in [0.2, 0.25) is 0 Å². The third-order valence-electron chi connectivity index (χ3n) is 3.48. The van der Waals surface area contributed by atoms with Crippen LogP contribution in [0.15, 0.2) is 24.3 Å². The molecule has 0 saturated carbocycles. The van der Waals surface area contributed by atoms with E-state index in [-0.39, 0.29) is 24.8 Å². The van der Waals surface area contributed by atoms with Crippen LogP contribution in [0.1, 0.15) is 60.3 Å². The lowest BCUT2D eigenvalue weighted by Gasteiger charge is -2.15. The van der Waals surface area contributed by atoms with Crippen molar-refractivity contribution in [3.8, 4) is 0 Å². The maximum absolute atomic E-state index is 11.2. The summed E-state index contributed by atoms with van der Waals surface area (Å²) in [6, 6.07) is 0. The third-order valence-corrected chi connectivity index (χ3v) is 3.48. The molecule has 29 heavy (non-hydrogen) atoms. The topological polar surface area (TPSA) is 105 Å². The van der Waals surface area contributed by atoms with E-state index >= 15 is 0 Å². The summed E-state index contributed by atoms with van der Waals surface area (Å²) in [6.45, 7) is 15.8. The van der Waals surface area contributed by atoms with E-state index in [9.17, 15) is 19.2 Å². The van der Waals surface area contributed by atoms with E-state index in [1.54, 1.807) is 20.8 Å². The second-order valence-electron chi connectivity index (χ2n) is 6.22. The summed E-state index contributed by atoms with van der Waals surface area (Å²) < 4.78 is 19.3. The predicted molar refractivity (Wildman–Crippen MR) is 108 cm³/mol. The minimum absolute atomic E-state index is 0.0893. The predicted octanol–water partition coefficient (Wildman–Crippen LogP) is 3.28. The molecule has 0 aromatic rings. The van der Waals surface area contributed by atoms with E-state index in [1.807, 2.05) is 13.8 Å². The highest BCUT2D eigenvalue weighted by molar-refractivity contribution is 5.87. The maximum atomic E-state index is 11.2. The highest BCUT2D eigenvalue weighted by Gasteiger charge is 2.18. The Morgan fingerprint density at radius 2 is 1.14 bits per heavy atom. The number of esters is 4. The summed E-state index contributed by atoms with van der Waals surface area (Å²) in [7, 11) is 1.30. The van der Waals surface area contributed by atoms with Crippen LogP contribution in [0.2, 0.25) is 0 Å². The Hall–Kier alpha value is -2.64. The van der Waals surface area contributed by atoms with Crippen molar-refractivity contribution in [2.24, 2.45) is 0 Å². The standard InChI is InChI=1S/C11H18O4.C10H16O4/c1-5-9(7-10(12)14-6-2)15-11(13)8(3)4;1-5-8(6-9(11)13-4)14-10(12)7(2)3/h9H,3,5-7H2,1-2,4H3;8H,2,5-6H2,1,3-4H3. The fraction of sp³-hybridized carbons (Fsp3) is 0.619. The van der Waals surface area contributed by atoms with E-state index in [0.717, 1.165) is 0 Å². The molecule has 0 radical (unpaired) electrons. The van der Waals surface area contributed by atoms with Gasteiger partial charge in [-0.3, -0.25) is 9.59 Å². The number of carbonyl (C=O) groups is 4. The van der Waals surface area contributed by atoms with Crippen molar-refractivity contribution in [3.63, 3.8) is 0 Å². The fourth-order valence-electron chi connectivity index (χ4n) is 1.72. The molecule has 2 unspecified atom stereocenters. The minimum atomic E-state index is -0.472. The number of carbonyl (C=O) groups excluding carboxylic acids is 4. The van der Waals surface area contributed by atoms with Crippen molar-refractivity contribution < 1.29 is 38.1 Å². The van der Waals surface area contributed by atoms with E-state index in [0.29, 0.717) is 30.6 Å². The Balaban J connectivity index is 0. The highest BCUT2D eigenvalue weighted by Crippen LogP contribution is 2.08. The van der Waals surface area contributed by atoms with Crippen molar-refractivity contribution in [1.29, 1.82) is 0 Å². The summed E-state index contributed by atoms with van der Waals surface area (Å²) in [5.74, 6) is -1.67. The van der Waals surface area contributed by atoms with Gasteiger partial charge in [-0.25, -0.2) is 9.59 Å². The average Bonchev–Trinajstić information content (AvgIpc) is 2.66. The van der Waals surface area contributed by atoms with Crippen LogP contribution in [0.3, 0.4) is 0 Å². The van der Waals surface area contributed by atoms with E-state index in [1.165, 1.54) is 7.11 Å². The summed E-state index contributed by atoms with van der Waals surface area (Å²) in [4.78, 5) is 44.3. The number of rotatable bonds is 11. The van der Waals surface area contributed by atoms with Gasteiger partial charge in [-0.2, -0.15) is 0 Å². The maximum Gasteiger partial charge on any atom is 0.333 e. The first-order chi connectivity index (χ1) is 13.5. The van der Waals surface area contributed by atoms with Gasteiger partial charge in [0.25, 0.3) is 0 Å². The third kappa shape index (κ3) is 15.0. The highest BCUT2D eigenvalue weighted by atomic mass is 16.6. The van der Waals surface area contributed by atoms with Crippen LogP contribution in [0, 0.1) is 0 Å². The van der Waals surface area contributed by atoms with Gasteiger partial charge >= 0.3 is 23.9 Å². The Labute approximate surface area is 173 Å². The smallest absolute Gasteiger partial charge is 0.333 e. The zero-order chi connectivity index (χ0) is 23.0. The van der Waals surface area contributed by atoms with Crippen molar-refractivity contribution in [2.45, 2.75) is 72.5 Å². The number of hydrogen-bond donors (Lipinski definition) is 0. The molecule has 0 fully saturated rings. The van der Waals surface area contributed by atoms with Gasteiger partial charge in [0.1, 0.15) is 12.2 Å². The summed E-state index contributed by atoms with van der Waals surface area (Å²) in [6.07, 6.45) is 0.501. The molecule has 0 aromatic heterocycles. The molecular formula is C21H34O8. The minimum Gasteiger partial charge on any atom is -0.469 e. The number of methoxy groups -OCH3 is 1. The molecule has 0 bridgehead atoms. The molecule has 0 amide bonds. The second kappa shape index (κ2) is 16.3. The molecule has 8 heteroatoms. The van der Waals surface area contributed by atoms with Crippen LogP contribution in [0.5, 0.6) is 0 Å². The van der Waals surface area contributed by atoms with Gasteiger partial charge in [-0.05, 0) is 33.6 Å². The van der Waals surface area contributed by atoms with Crippen LogP contribution in [0.25, 0.3) is 0 Å². The first-order valence-corrected chi connectivity index (χ1v) is 9.47. The van der Waals surface area contributed by atoms with Crippen LogP contribution in [-0.4, -0.2) is 49.8 Å². The molecule has 0 saturated heterocycles. The Kier molecular flexibility index (Phi) is 16.1. The second-order valence-corrected chi connectivity index (χ2v) is 6.22. The normalized spacial score (nSPS) is 11.7. The van der Waals surface area contributed by atoms with Gasteiger partial charge in [0.15, 0.2) is 0 Å². The van der Waals surface area contributed by atoms with Crippen LogP contribution >= 0.6 is 0 Å². The molecule has 0 N–H and O–H groups in total. The largest absolute Gasteiger partial charge is 0.469 e. The van der Waals surface area contributed by atoms with Gasteiger partial charge in [0.05, 0.1) is 26.6 Å².